The van der Waals surface area contributed by atoms with Crippen LogP contribution < -0.4 is 0 Å². The predicted molar refractivity (Wildman–Crippen MR) is 97.0 cm³/mol. The smallest absolute Gasteiger partial charge is 0.376 e. The topological polar surface area (TPSA) is 60.8 Å². The van der Waals surface area contributed by atoms with Gasteiger partial charge in [-0.15, -0.1) is 0 Å². The minimum absolute atomic E-state index is 0.101. The molecule has 2 atom stereocenters. The second-order valence-corrected chi connectivity index (χ2v) is 6.79. The molecule has 126 valence electrons. The molecule has 0 radical (unpaired) electrons. The number of hydrogen-bond acceptors (Lipinski definition) is 4. The molecule has 2 unspecified atom stereocenters. The summed E-state index contributed by atoms with van der Waals surface area (Å²) in [5.41, 5.74) is 1.45. The predicted octanol–water partition coefficient (Wildman–Crippen LogP) is 2.90. The lowest BCUT2D eigenvalue weighted by atomic mass is 9.79. The Morgan fingerprint density at radius 1 is 1.33 bits per heavy atom. The molecule has 1 aliphatic rings. The van der Waals surface area contributed by atoms with Crippen LogP contribution in [0.15, 0.2) is 36.4 Å². The van der Waals surface area contributed by atoms with E-state index in [1.165, 1.54) is 0 Å². The van der Waals surface area contributed by atoms with Gasteiger partial charge in [-0.3, -0.25) is 4.79 Å². The maximum Gasteiger partial charge on any atom is 0.376 e. The summed E-state index contributed by atoms with van der Waals surface area (Å²) in [5, 5.41) is 21.8. The number of fused-ring (bicyclic) bond motifs is 1. The number of ketones is 1. The molecule has 1 saturated heterocycles. The average molecular weight is 325 g/mol. The molecule has 0 bridgehead atoms. The Morgan fingerprint density at radius 2 is 2.08 bits per heavy atom. The van der Waals surface area contributed by atoms with Crippen LogP contribution in [0.3, 0.4) is 0 Å². The molecular formula is C19H24BNO3. The van der Waals surface area contributed by atoms with Gasteiger partial charge in [-0.05, 0) is 68.1 Å². The number of hydrogen-bond donors (Lipinski definition) is 2. The second-order valence-electron chi connectivity index (χ2n) is 6.79. The lowest BCUT2D eigenvalue weighted by molar-refractivity contribution is 0.0864. The molecular weight excluding hydrogens is 301 g/mol. The van der Waals surface area contributed by atoms with Gasteiger partial charge < -0.3 is 14.9 Å². The third kappa shape index (κ3) is 3.39. The van der Waals surface area contributed by atoms with Crippen molar-refractivity contribution in [1.82, 2.24) is 4.81 Å². The van der Waals surface area contributed by atoms with Crippen LogP contribution in [0, 0.1) is 5.92 Å². The number of rotatable bonds is 4. The van der Waals surface area contributed by atoms with E-state index in [1.54, 1.807) is 13.7 Å². The first-order chi connectivity index (χ1) is 11.5. The zero-order valence-electron chi connectivity index (χ0n) is 14.3. The van der Waals surface area contributed by atoms with Crippen molar-refractivity contribution in [3.05, 3.63) is 47.5 Å². The van der Waals surface area contributed by atoms with Crippen LogP contribution in [0.25, 0.3) is 10.8 Å². The largest absolute Gasteiger partial charge is 0.437 e. The molecule has 0 aromatic heterocycles. The van der Waals surface area contributed by atoms with Gasteiger partial charge in [-0.1, -0.05) is 24.3 Å². The van der Waals surface area contributed by atoms with Crippen molar-refractivity contribution in [3.8, 4) is 0 Å². The minimum Gasteiger partial charge on any atom is -0.437 e. The molecule has 1 aliphatic heterocycles. The minimum atomic E-state index is -0.622. The van der Waals surface area contributed by atoms with E-state index in [0.717, 1.165) is 35.7 Å². The summed E-state index contributed by atoms with van der Waals surface area (Å²) in [6, 6.07) is 11.6. The third-order valence-electron chi connectivity index (χ3n) is 4.98. The van der Waals surface area contributed by atoms with Crippen molar-refractivity contribution < 1.29 is 14.9 Å². The molecule has 0 amide bonds. The Bertz CT molecular complexity index is 744. The normalized spacial score (nSPS) is 20.1. The van der Waals surface area contributed by atoms with Crippen LogP contribution >= 0.6 is 0 Å². The Balaban J connectivity index is 1.95. The van der Waals surface area contributed by atoms with E-state index in [-0.39, 0.29) is 11.7 Å². The highest BCUT2D eigenvalue weighted by Crippen LogP contribution is 2.29. The maximum absolute atomic E-state index is 13.0. The molecule has 0 aliphatic carbocycles. The first-order valence-corrected chi connectivity index (χ1v) is 8.64. The molecule has 0 spiro atoms. The zero-order chi connectivity index (χ0) is 17.3. The fourth-order valence-electron chi connectivity index (χ4n) is 3.62. The number of carbonyl (C=O) groups is 1. The summed E-state index contributed by atoms with van der Waals surface area (Å²) in [6.45, 7) is 4.89. The van der Waals surface area contributed by atoms with Crippen LogP contribution in [0.2, 0.25) is 6.82 Å². The molecule has 4 nitrogen and oxygen atoms in total. The van der Waals surface area contributed by atoms with Gasteiger partial charge in [0.1, 0.15) is 0 Å². The highest BCUT2D eigenvalue weighted by molar-refractivity contribution is 6.45. The monoisotopic (exact) mass is 325 g/mol. The fourth-order valence-corrected chi connectivity index (χ4v) is 3.62. The molecule has 2 aromatic carbocycles. The van der Waals surface area contributed by atoms with Crippen LogP contribution in [0.5, 0.6) is 0 Å². The molecule has 2 aromatic rings. The van der Waals surface area contributed by atoms with Crippen molar-refractivity contribution in [2.24, 2.45) is 5.92 Å². The number of carbonyl (C=O) groups excluding carboxylic acids is 1. The molecule has 0 saturated carbocycles. The van der Waals surface area contributed by atoms with E-state index in [4.69, 9.17) is 0 Å². The number of piperidine rings is 1. The van der Waals surface area contributed by atoms with Gasteiger partial charge >= 0.3 is 7.05 Å². The molecule has 3 rings (SSSR count). The lowest BCUT2D eigenvalue weighted by Crippen LogP contribution is -2.46. The number of aliphatic hydroxyl groups excluding tert-OH is 1. The van der Waals surface area contributed by atoms with Gasteiger partial charge in [-0.2, -0.15) is 0 Å². The van der Waals surface area contributed by atoms with E-state index in [0.29, 0.717) is 12.1 Å². The Labute approximate surface area is 143 Å². The van der Waals surface area contributed by atoms with E-state index in [9.17, 15) is 14.9 Å². The summed E-state index contributed by atoms with van der Waals surface area (Å²) in [4.78, 5) is 14.9. The van der Waals surface area contributed by atoms with Gasteiger partial charge in [0.2, 0.25) is 0 Å². The molecule has 5 heteroatoms. The number of benzene rings is 2. The van der Waals surface area contributed by atoms with Gasteiger partial charge in [0.05, 0.1) is 6.10 Å². The SMILES string of the molecule is CB(O)N1CCCC(C(=O)c2cc(C(C)O)c3ccccc3c2)C1. The van der Waals surface area contributed by atoms with E-state index in [1.807, 2.05) is 41.2 Å². The molecule has 1 fully saturated rings. The van der Waals surface area contributed by atoms with Crippen LogP contribution in [0.1, 0.15) is 41.8 Å². The van der Waals surface area contributed by atoms with Crippen molar-refractivity contribution in [3.63, 3.8) is 0 Å². The van der Waals surface area contributed by atoms with Crippen molar-refractivity contribution in [2.45, 2.75) is 32.7 Å². The maximum atomic E-state index is 13.0. The molecule has 24 heavy (non-hydrogen) atoms. The van der Waals surface area contributed by atoms with Gasteiger partial charge in [0.15, 0.2) is 5.78 Å². The zero-order valence-corrected chi connectivity index (χ0v) is 14.3. The van der Waals surface area contributed by atoms with Crippen LogP contribution in [-0.2, 0) is 0 Å². The summed E-state index contributed by atoms with van der Waals surface area (Å²) >= 11 is 0. The Kier molecular flexibility index (Phi) is 5.04. The lowest BCUT2D eigenvalue weighted by Gasteiger charge is -2.32. The molecule has 2 N–H and O–H groups in total. The third-order valence-corrected chi connectivity index (χ3v) is 4.98. The number of aliphatic hydroxyl groups is 1. The quantitative estimate of drug-likeness (QED) is 0.670. The van der Waals surface area contributed by atoms with E-state index in [2.05, 4.69) is 0 Å². The highest BCUT2D eigenvalue weighted by atomic mass is 16.3. The summed E-state index contributed by atoms with van der Waals surface area (Å²) in [7, 11) is -0.523. The van der Waals surface area contributed by atoms with Crippen molar-refractivity contribution in [2.75, 3.05) is 13.1 Å². The van der Waals surface area contributed by atoms with Gasteiger partial charge in [0, 0.05) is 11.5 Å². The van der Waals surface area contributed by atoms with Crippen molar-refractivity contribution in [1.29, 1.82) is 0 Å². The fraction of sp³-hybridized carbons (Fsp3) is 0.421. The first-order valence-electron chi connectivity index (χ1n) is 8.64. The van der Waals surface area contributed by atoms with Crippen molar-refractivity contribution >= 4 is 23.6 Å². The summed E-state index contributed by atoms with van der Waals surface area (Å²) in [6.07, 6.45) is 1.14. The molecule has 1 heterocycles. The summed E-state index contributed by atoms with van der Waals surface area (Å²) in [5.74, 6) is 0.00404. The van der Waals surface area contributed by atoms with Gasteiger partial charge in [-0.25, -0.2) is 0 Å². The van der Waals surface area contributed by atoms with E-state index >= 15 is 0 Å². The van der Waals surface area contributed by atoms with Crippen LogP contribution in [-0.4, -0.2) is 40.9 Å². The van der Waals surface area contributed by atoms with Crippen LogP contribution in [0.4, 0.5) is 0 Å². The van der Waals surface area contributed by atoms with E-state index < -0.39 is 13.2 Å². The van der Waals surface area contributed by atoms with Gasteiger partial charge in [0.25, 0.3) is 0 Å². The highest BCUT2D eigenvalue weighted by Gasteiger charge is 2.30. The number of Topliss-reactive ketones (excluding diaryl/α,β-unsaturated/α-hetero) is 1. The summed E-state index contributed by atoms with van der Waals surface area (Å²) < 4.78 is 0. The second kappa shape index (κ2) is 7.05. The first kappa shape index (κ1) is 17.1. The average Bonchev–Trinajstić information content (AvgIpc) is 2.60. The number of nitrogens with zero attached hydrogens (tertiary/aromatic N) is 1. The Hall–Kier alpha value is -1.69. The standard InChI is InChI=1S/C19H24BNO3/c1-13(22)18-11-16(10-14-6-3-4-8-17(14)18)19(23)15-7-5-9-21(12-15)20(2)24/h3-4,6,8,10-11,13,15,22,24H,5,7,9,12H2,1-2H3. The Morgan fingerprint density at radius 3 is 2.79 bits per heavy atom.